The number of ketones is 1. The second-order valence-corrected chi connectivity index (χ2v) is 2.93. The zero-order chi connectivity index (χ0) is 6.43. The van der Waals surface area contributed by atoms with Gasteiger partial charge in [-0.2, -0.15) is 5.26 Å². The van der Waals surface area contributed by atoms with Crippen LogP contribution in [0.15, 0.2) is 0 Å². The second kappa shape index (κ2) is 1.36. The number of carbonyl (C=O) groups is 1. The highest BCUT2D eigenvalue weighted by Crippen LogP contribution is 2.55. The Labute approximate surface area is 53.5 Å². The van der Waals surface area contributed by atoms with Crippen LogP contribution in [0.5, 0.6) is 0 Å². The van der Waals surface area contributed by atoms with Crippen LogP contribution in [0.3, 0.4) is 0 Å². The van der Waals surface area contributed by atoms with Gasteiger partial charge in [-0.15, -0.1) is 0 Å². The maximum Gasteiger partial charge on any atom is 0.133 e. The smallest absolute Gasteiger partial charge is 0.133 e. The van der Waals surface area contributed by atoms with Crippen LogP contribution in [0.2, 0.25) is 0 Å². The standard InChI is InChI=1S/C7H7NO/c8-3-7-5-1-4(9)2-6(5)7/h5-7H,1-2H2/t5-,6+,7?. The van der Waals surface area contributed by atoms with Gasteiger partial charge in [0, 0.05) is 12.8 Å². The summed E-state index contributed by atoms with van der Waals surface area (Å²) in [4.78, 5) is 10.6. The van der Waals surface area contributed by atoms with E-state index in [1.165, 1.54) is 0 Å². The van der Waals surface area contributed by atoms with Crippen molar-refractivity contribution in [3.05, 3.63) is 0 Å². The van der Waals surface area contributed by atoms with E-state index in [9.17, 15) is 4.79 Å². The fourth-order valence-electron chi connectivity index (χ4n) is 1.80. The van der Waals surface area contributed by atoms with E-state index in [0.29, 0.717) is 30.5 Å². The van der Waals surface area contributed by atoms with Crippen LogP contribution in [-0.4, -0.2) is 5.78 Å². The van der Waals surface area contributed by atoms with Crippen LogP contribution in [-0.2, 0) is 4.79 Å². The minimum absolute atomic E-state index is 0.239. The third kappa shape index (κ3) is 0.519. The van der Waals surface area contributed by atoms with Crippen LogP contribution in [0.1, 0.15) is 12.8 Å². The molecule has 0 aliphatic heterocycles. The Bertz CT molecular complexity index is 189. The summed E-state index contributed by atoms with van der Waals surface area (Å²) >= 11 is 0. The van der Waals surface area contributed by atoms with Crippen molar-refractivity contribution in [2.45, 2.75) is 12.8 Å². The van der Waals surface area contributed by atoms with Gasteiger partial charge in [0.05, 0.1) is 12.0 Å². The highest BCUT2D eigenvalue weighted by Gasteiger charge is 2.56. The van der Waals surface area contributed by atoms with Gasteiger partial charge in [0.1, 0.15) is 5.78 Å². The molecule has 0 heterocycles. The van der Waals surface area contributed by atoms with Crippen LogP contribution in [0.4, 0.5) is 0 Å². The molecule has 0 radical (unpaired) electrons. The van der Waals surface area contributed by atoms with Gasteiger partial charge in [-0.1, -0.05) is 0 Å². The van der Waals surface area contributed by atoms with Crippen molar-refractivity contribution in [2.75, 3.05) is 0 Å². The van der Waals surface area contributed by atoms with E-state index in [-0.39, 0.29) is 5.92 Å². The predicted octanol–water partition coefficient (Wildman–Crippen LogP) is 0.735. The Balaban J connectivity index is 2.08. The molecule has 0 spiro atoms. The number of hydrogen-bond donors (Lipinski definition) is 0. The number of rotatable bonds is 0. The van der Waals surface area contributed by atoms with E-state index >= 15 is 0 Å². The van der Waals surface area contributed by atoms with Crippen molar-refractivity contribution in [1.29, 1.82) is 5.26 Å². The van der Waals surface area contributed by atoms with E-state index in [1.54, 1.807) is 0 Å². The molecule has 2 aliphatic rings. The summed E-state index contributed by atoms with van der Waals surface area (Å²) in [7, 11) is 0. The van der Waals surface area contributed by atoms with E-state index in [2.05, 4.69) is 6.07 Å². The average molecular weight is 121 g/mol. The Hall–Kier alpha value is -0.840. The Morgan fingerprint density at radius 3 is 2.44 bits per heavy atom. The summed E-state index contributed by atoms with van der Waals surface area (Å²) in [6, 6.07) is 2.21. The van der Waals surface area contributed by atoms with E-state index in [4.69, 9.17) is 5.26 Å². The van der Waals surface area contributed by atoms with Crippen molar-refractivity contribution in [3.63, 3.8) is 0 Å². The van der Waals surface area contributed by atoms with Gasteiger partial charge in [0.25, 0.3) is 0 Å². The van der Waals surface area contributed by atoms with Gasteiger partial charge in [-0.3, -0.25) is 4.79 Å². The lowest BCUT2D eigenvalue weighted by Gasteiger charge is -1.88. The second-order valence-electron chi connectivity index (χ2n) is 2.93. The highest BCUT2D eigenvalue weighted by molar-refractivity contribution is 5.83. The van der Waals surface area contributed by atoms with Crippen molar-refractivity contribution in [2.24, 2.45) is 17.8 Å². The lowest BCUT2D eigenvalue weighted by atomic mass is 10.1. The number of carbonyl (C=O) groups excluding carboxylic acids is 1. The molecule has 0 saturated heterocycles. The zero-order valence-electron chi connectivity index (χ0n) is 5.00. The molecular formula is C7H7NO. The quantitative estimate of drug-likeness (QED) is 0.474. The lowest BCUT2D eigenvalue weighted by Crippen LogP contribution is -1.95. The molecule has 0 aromatic carbocycles. The third-order valence-electron chi connectivity index (χ3n) is 2.41. The van der Waals surface area contributed by atoms with Crippen LogP contribution in [0, 0.1) is 29.1 Å². The molecule has 9 heavy (non-hydrogen) atoms. The largest absolute Gasteiger partial charge is 0.300 e. The predicted molar refractivity (Wildman–Crippen MR) is 30.3 cm³/mol. The summed E-state index contributed by atoms with van der Waals surface area (Å²) in [5.74, 6) is 1.52. The Morgan fingerprint density at radius 1 is 1.44 bits per heavy atom. The molecule has 0 aromatic rings. The molecule has 2 heteroatoms. The molecule has 2 saturated carbocycles. The molecule has 2 nitrogen and oxygen atoms in total. The first-order valence-electron chi connectivity index (χ1n) is 3.24. The molecule has 3 atom stereocenters. The van der Waals surface area contributed by atoms with Crippen LogP contribution < -0.4 is 0 Å². The van der Waals surface area contributed by atoms with Gasteiger partial charge in [-0.05, 0) is 11.8 Å². The first kappa shape index (κ1) is 4.99. The lowest BCUT2D eigenvalue weighted by molar-refractivity contribution is -0.118. The molecule has 2 aliphatic carbocycles. The van der Waals surface area contributed by atoms with Crippen molar-refractivity contribution in [1.82, 2.24) is 0 Å². The average Bonchev–Trinajstić information content (AvgIpc) is 2.30. The topological polar surface area (TPSA) is 40.9 Å². The molecule has 0 bridgehead atoms. The van der Waals surface area contributed by atoms with Crippen molar-refractivity contribution < 1.29 is 4.79 Å². The first-order valence-corrected chi connectivity index (χ1v) is 3.24. The molecule has 1 unspecified atom stereocenters. The number of nitrogens with zero attached hydrogens (tertiary/aromatic N) is 1. The summed E-state index contributed by atoms with van der Waals surface area (Å²) in [6.45, 7) is 0. The zero-order valence-corrected chi connectivity index (χ0v) is 5.00. The van der Waals surface area contributed by atoms with E-state index in [0.717, 1.165) is 0 Å². The fraction of sp³-hybridized carbons (Fsp3) is 0.714. The summed E-state index contributed by atoms with van der Waals surface area (Å²) in [6.07, 6.45) is 1.37. The van der Waals surface area contributed by atoms with Crippen LogP contribution >= 0.6 is 0 Å². The Kier molecular flexibility index (Phi) is 0.751. The molecule has 2 fully saturated rings. The minimum Gasteiger partial charge on any atom is -0.300 e. The number of nitriles is 1. The SMILES string of the molecule is N#CC1[C@H]2CC(=O)C[C@@H]12. The van der Waals surface area contributed by atoms with Gasteiger partial charge in [-0.25, -0.2) is 0 Å². The normalized spacial score (nSPS) is 46.1. The van der Waals surface area contributed by atoms with Gasteiger partial charge >= 0.3 is 0 Å². The van der Waals surface area contributed by atoms with Crippen molar-refractivity contribution >= 4 is 5.78 Å². The van der Waals surface area contributed by atoms with Gasteiger partial charge < -0.3 is 0 Å². The fourth-order valence-corrected chi connectivity index (χ4v) is 1.80. The van der Waals surface area contributed by atoms with E-state index in [1.807, 2.05) is 0 Å². The molecule has 0 aromatic heterocycles. The number of Topliss-reactive ketones (excluding diaryl/α,β-unsaturated/α-hetero) is 1. The minimum atomic E-state index is 0.239. The summed E-state index contributed by atoms with van der Waals surface area (Å²) in [5.41, 5.74) is 0. The monoisotopic (exact) mass is 121 g/mol. The van der Waals surface area contributed by atoms with Gasteiger partial charge in [0.15, 0.2) is 0 Å². The number of hydrogen-bond acceptors (Lipinski definition) is 2. The summed E-state index contributed by atoms with van der Waals surface area (Å²) < 4.78 is 0. The first-order chi connectivity index (χ1) is 4.33. The molecule has 2 rings (SSSR count). The molecule has 46 valence electrons. The maximum absolute atomic E-state index is 10.6. The van der Waals surface area contributed by atoms with Crippen LogP contribution in [0.25, 0.3) is 0 Å². The summed E-state index contributed by atoms with van der Waals surface area (Å²) in [5, 5.41) is 8.44. The molecule has 0 amide bonds. The molecular weight excluding hydrogens is 114 g/mol. The third-order valence-corrected chi connectivity index (χ3v) is 2.41. The maximum atomic E-state index is 10.6. The number of fused-ring (bicyclic) bond motifs is 1. The Morgan fingerprint density at radius 2 is 2.00 bits per heavy atom. The van der Waals surface area contributed by atoms with Crippen molar-refractivity contribution in [3.8, 4) is 6.07 Å². The highest BCUT2D eigenvalue weighted by atomic mass is 16.1. The van der Waals surface area contributed by atoms with Gasteiger partial charge in [0.2, 0.25) is 0 Å². The van der Waals surface area contributed by atoms with E-state index < -0.39 is 0 Å². The molecule has 0 N–H and O–H groups in total.